The van der Waals surface area contributed by atoms with Gasteiger partial charge in [-0.25, -0.2) is 14.2 Å². The average Bonchev–Trinajstić information content (AvgIpc) is 2.32. The highest BCUT2D eigenvalue weighted by Crippen LogP contribution is 2.26. The van der Waals surface area contributed by atoms with Crippen LogP contribution in [-0.2, 0) is 0 Å². The fourth-order valence-electron chi connectivity index (χ4n) is 1.42. The summed E-state index contributed by atoms with van der Waals surface area (Å²) in [6.07, 6.45) is 1.58. The van der Waals surface area contributed by atoms with E-state index in [2.05, 4.69) is 4.98 Å². The quantitative estimate of drug-likeness (QED) is 0.905. The highest BCUT2D eigenvalue weighted by atomic mass is 19.1. The number of benzene rings is 1. The Morgan fingerprint density at radius 3 is 2.72 bits per heavy atom. The molecule has 1 heterocycles. The van der Waals surface area contributed by atoms with Crippen LogP contribution in [0.2, 0.25) is 0 Å². The van der Waals surface area contributed by atoms with Crippen LogP contribution >= 0.6 is 0 Å². The van der Waals surface area contributed by atoms with E-state index in [0.29, 0.717) is 0 Å². The number of carbonyl (C=O) groups is 1. The van der Waals surface area contributed by atoms with Gasteiger partial charge in [-0.3, -0.25) is 0 Å². The molecule has 4 nitrogen and oxygen atoms in total. The van der Waals surface area contributed by atoms with Gasteiger partial charge in [-0.1, -0.05) is 12.1 Å². The highest BCUT2D eigenvalue weighted by molar-refractivity contribution is 5.91. The summed E-state index contributed by atoms with van der Waals surface area (Å²) in [6, 6.07) is 7.19. The van der Waals surface area contributed by atoms with Crippen LogP contribution in [-0.4, -0.2) is 16.1 Å². The Labute approximate surface area is 103 Å². The molecule has 1 aromatic heterocycles. The monoisotopic (exact) mass is 247 g/mol. The number of halogens is 1. The lowest BCUT2D eigenvalue weighted by molar-refractivity contribution is 0.0689. The maximum absolute atomic E-state index is 13.4. The molecule has 0 aliphatic carbocycles. The van der Waals surface area contributed by atoms with Crippen molar-refractivity contribution in [1.82, 2.24) is 4.98 Å². The summed E-state index contributed by atoms with van der Waals surface area (Å²) in [5.41, 5.74) is 0.444. The number of aromatic nitrogens is 1. The molecule has 0 fully saturated rings. The molecule has 0 spiro atoms. The molecule has 1 aromatic carbocycles. The minimum atomic E-state index is -1.38. The third-order valence-electron chi connectivity index (χ3n) is 2.29. The van der Waals surface area contributed by atoms with Gasteiger partial charge in [-0.15, -0.1) is 0 Å². The first-order valence-electron chi connectivity index (χ1n) is 5.20. The van der Waals surface area contributed by atoms with Crippen LogP contribution in [0.3, 0.4) is 0 Å². The van der Waals surface area contributed by atoms with Crippen LogP contribution in [0, 0.1) is 12.7 Å². The van der Waals surface area contributed by atoms with Gasteiger partial charge >= 0.3 is 5.97 Å². The zero-order valence-electron chi connectivity index (χ0n) is 9.55. The number of carboxylic acids is 1. The van der Waals surface area contributed by atoms with Crippen LogP contribution < -0.4 is 4.74 Å². The Morgan fingerprint density at radius 2 is 2.11 bits per heavy atom. The lowest BCUT2D eigenvalue weighted by atomic mass is 10.2. The predicted octanol–water partition coefficient (Wildman–Crippen LogP) is 3.02. The lowest BCUT2D eigenvalue weighted by Gasteiger charge is -2.08. The molecule has 0 saturated carbocycles. The SMILES string of the molecule is Cc1ccc(Oc2cccc(F)c2C(=O)O)nc1. The molecule has 0 atom stereocenters. The molecule has 1 N–H and O–H groups in total. The van der Waals surface area contributed by atoms with Crippen LogP contribution in [0.4, 0.5) is 4.39 Å². The van der Waals surface area contributed by atoms with E-state index in [0.717, 1.165) is 11.6 Å². The van der Waals surface area contributed by atoms with E-state index in [4.69, 9.17) is 9.84 Å². The molecule has 5 heteroatoms. The Balaban J connectivity index is 2.37. The normalized spacial score (nSPS) is 10.1. The molecule has 18 heavy (non-hydrogen) atoms. The van der Waals surface area contributed by atoms with E-state index in [1.807, 2.05) is 6.92 Å². The summed E-state index contributed by atoms with van der Waals surface area (Å²) in [7, 11) is 0. The van der Waals surface area contributed by atoms with Crippen LogP contribution in [0.5, 0.6) is 11.6 Å². The van der Waals surface area contributed by atoms with E-state index >= 15 is 0 Å². The molecular weight excluding hydrogens is 237 g/mol. The number of hydrogen-bond donors (Lipinski definition) is 1. The number of aromatic carboxylic acids is 1. The maximum Gasteiger partial charge on any atom is 0.342 e. The Bertz CT molecular complexity index is 581. The van der Waals surface area contributed by atoms with Crippen molar-refractivity contribution in [1.29, 1.82) is 0 Å². The molecule has 2 rings (SSSR count). The predicted molar refractivity (Wildman–Crippen MR) is 62.4 cm³/mol. The fourth-order valence-corrected chi connectivity index (χ4v) is 1.42. The molecule has 0 aliphatic rings. The van der Waals surface area contributed by atoms with Crippen molar-refractivity contribution < 1.29 is 19.0 Å². The van der Waals surface area contributed by atoms with E-state index in [1.54, 1.807) is 18.3 Å². The van der Waals surface area contributed by atoms with E-state index in [9.17, 15) is 9.18 Å². The molecule has 0 radical (unpaired) electrons. The second-order valence-electron chi connectivity index (χ2n) is 3.69. The Hall–Kier alpha value is -2.43. The number of nitrogens with zero attached hydrogens (tertiary/aromatic N) is 1. The van der Waals surface area contributed by atoms with Gasteiger partial charge < -0.3 is 9.84 Å². The van der Waals surface area contributed by atoms with Gasteiger partial charge in [-0.05, 0) is 24.6 Å². The number of ether oxygens (including phenoxy) is 1. The summed E-state index contributed by atoms with van der Waals surface area (Å²) in [5, 5.41) is 8.93. The first-order valence-corrected chi connectivity index (χ1v) is 5.20. The number of aryl methyl sites for hydroxylation is 1. The third-order valence-corrected chi connectivity index (χ3v) is 2.29. The molecular formula is C13H10FNO3. The average molecular weight is 247 g/mol. The summed E-state index contributed by atoms with van der Waals surface area (Å²) in [4.78, 5) is 14.9. The highest BCUT2D eigenvalue weighted by Gasteiger charge is 2.17. The third kappa shape index (κ3) is 2.45. The van der Waals surface area contributed by atoms with Crippen molar-refractivity contribution in [2.24, 2.45) is 0 Å². The Kier molecular flexibility index (Phi) is 3.23. The molecule has 2 aromatic rings. The minimum absolute atomic E-state index is 0.0705. The summed E-state index contributed by atoms with van der Waals surface area (Å²) >= 11 is 0. The largest absolute Gasteiger partial charge is 0.477 e. The van der Waals surface area contributed by atoms with Crippen molar-refractivity contribution >= 4 is 5.97 Å². The van der Waals surface area contributed by atoms with Gasteiger partial charge in [0.15, 0.2) is 0 Å². The number of hydrogen-bond acceptors (Lipinski definition) is 3. The zero-order valence-corrected chi connectivity index (χ0v) is 9.55. The number of pyridine rings is 1. The van der Waals surface area contributed by atoms with Crippen molar-refractivity contribution in [3.63, 3.8) is 0 Å². The summed E-state index contributed by atoms with van der Waals surface area (Å²) < 4.78 is 18.7. The van der Waals surface area contributed by atoms with Crippen molar-refractivity contribution in [2.75, 3.05) is 0 Å². The smallest absolute Gasteiger partial charge is 0.342 e. The number of carboxylic acid groups (broad SMARTS) is 1. The fraction of sp³-hybridized carbons (Fsp3) is 0.0769. The van der Waals surface area contributed by atoms with E-state index < -0.39 is 17.3 Å². The first-order chi connectivity index (χ1) is 8.58. The van der Waals surface area contributed by atoms with Crippen molar-refractivity contribution in [3.8, 4) is 11.6 Å². The first kappa shape index (κ1) is 12.0. The minimum Gasteiger partial charge on any atom is -0.477 e. The zero-order chi connectivity index (χ0) is 13.1. The standard InChI is InChI=1S/C13H10FNO3/c1-8-5-6-11(15-7-8)18-10-4-2-3-9(14)12(10)13(16)17/h2-7H,1H3,(H,16,17). The Morgan fingerprint density at radius 1 is 1.33 bits per heavy atom. The number of rotatable bonds is 3. The van der Waals surface area contributed by atoms with Gasteiger partial charge in [0.25, 0.3) is 0 Å². The summed E-state index contributed by atoms with van der Waals surface area (Å²) in [5.74, 6) is -2.07. The van der Waals surface area contributed by atoms with Gasteiger partial charge in [0.05, 0.1) is 0 Å². The molecule has 0 saturated heterocycles. The van der Waals surface area contributed by atoms with Crippen molar-refractivity contribution in [2.45, 2.75) is 6.92 Å². The second-order valence-corrected chi connectivity index (χ2v) is 3.69. The lowest BCUT2D eigenvalue weighted by Crippen LogP contribution is -2.03. The molecule has 0 bridgehead atoms. The molecule has 0 unspecified atom stereocenters. The van der Waals surface area contributed by atoms with Crippen molar-refractivity contribution in [3.05, 3.63) is 53.5 Å². The van der Waals surface area contributed by atoms with Gasteiger partial charge in [0.1, 0.15) is 17.1 Å². The molecule has 92 valence electrons. The van der Waals surface area contributed by atoms with Crippen LogP contribution in [0.25, 0.3) is 0 Å². The second kappa shape index (κ2) is 4.83. The van der Waals surface area contributed by atoms with Gasteiger partial charge in [-0.2, -0.15) is 0 Å². The van der Waals surface area contributed by atoms with E-state index in [1.165, 1.54) is 12.1 Å². The van der Waals surface area contributed by atoms with Gasteiger partial charge in [0.2, 0.25) is 5.88 Å². The maximum atomic E-state index is 13.4. The van der Waals surface area contributed by atoms with E-state index in [-0.39, 0.29) is 11.6 Å². The summed E-state index contributed by atoms with van der Waals surface area (Å²) in [6.45, 7) is 1.86. The van der Waals surface area contributed by atoms with Crippen LogP contribution in [0.15, 0.2) is 36.5 Å². The molecule has 0 aliphatic heterocycles. The van der Waals surface area contributed by atoms with Gasteiger partial charge in [0, 0.05) is 12.3 Å². The topological polar surface area (TPSA) is 59.4 Å². The van der Waals surface area contributed by atoms with Crippen LogP contribution in [0.1, 0.15) is 15.9 Å². The molecule has 0 amide bonds.